The lowest BCUT2D eigenvalue weighted by Crippen LogP contribution is -2.25. The number of carbonyl (C=O) groups excluding carboxylic acids is 1. The minimum absolute atomic E-state index is 0.00689. The Balaban J connectivity index is 1.65. The Morgan fingerprint density at radius 2 is 2.16 bits per heavy atom. The second-order valence-electron chi connectivity index (χ2n) is 6.29. The minimum atomic E-state index is -0.146. The molecule has 0 spiro atoms. The highest BCUT2D eigenvalue weighted by molar-refractivity contribution is 7.09. The number of rotatable bonds is 3. The lowest BCUT2D eigenvalue weighted by molar-refractivity contribution is 0.0951. The molecule has 1 aliphatic rings. The highest BCUT2D eigenvalue weighted by atomic mass is 32.1. The van der Waals surface area contributed by atoms with Crippen molar-refractivity contribution in [1.29, 1.82) is 0 Å². The summed E-state index contributed by atoms with van der Waals surface area (Å²) in [4.78, 5) is 30.9. The summed E-state index contributed by atoms with van der Waals surface area (Å²) in [5, 5.41) is 5.48. The van der Waals surface area contributed by atoms with Gasteiger partial charge in [-0.25, -0.2) is 4.98 Å². The molecule has 0 radical (unpaired) electrons. The van der Waals surface area contributed by atoms with Crippen LogP contribution in [0.4, 0.5) is 0 Å². The monoisotopic (exact) mass is 353 g/mol. The number of nitrogens with zero attached hydrogens (tertiary/aromatic N) is 2. The summed E-state index contributed by atoms with van der Waals surface area (Å²) in [5.41, 5.74) is 1.16. The van der Waals surface area contributed by atoms with Crippen LogP contribution in [0.3, 0.4) is 0 Å². The molecule has 0 fully saturated rings. The first-order valence-electron chi connectivity index (χ1n) is 8.56. The van der Waals surface area contributed by atoms with Gasteiger partial charge < -0.3 is 5.32 Å². The van der Waals surface area contributed by atoms with Crippen molar-refractivity contribution in [2.24, 2.45) is 0 Å². The van der Waals surface area contributed by atoms with Gasteiger partial charge in [-0.3, -0.25) is 14.2 Å². The Labute approximate surface area is 149 Å². The van der Waals surface area contributed by atoms with Gasteiger partial charge in [0.05, 0.1) is 17.4 Å². The molecule has 1 N–H and O–H groups in total. The third-order valence-corrected chi connectivity index (χ3v) is 5.46. The van der Waals surface area contributed by atoms with Gasteiger partial charge in [0.2, 0.25) is 0 Å². The Morgan fingerprint density at radius 1 is 1.24 bits per heavy atom. The minimum Gasteiger partial charge on any atom is -0.347 e. The first-order valence-corrected chi connectivity index (χ1v) is 9.44. The van der Waals surface area contributed by atoms with Crippen LogP contribution in [0, 0.1) is 0 Å². The van der Waals surface area contributed by atoms with Crippen molar-refractivity contribution >= 4 is 28.1 Å². The van der Waals surface area contributed by atoms with Crippen molar-refractivity contribution in [2.75, 3.05) is 0 Å². The summed E-state index contributed by atoms with van der Waals surface area (Å²) in [6.45, 7) is 1.25. The van der Waals surface area contributed by atoms with Gasteiger partial charge in [0, 0.05) is 23.4 Å². The van der Waals surface area contributed by atoms with E-state index in [2.05, 4.69) is 10.3 Å². The largest absolute Gasteiger partial charge is 0.347 e. The summed E-state index contributed by atoms with van der Waals surface area (Å²) in [6.07, 6.45) is 4.01. The van der Waals surface area contributed by atoms with Gasteiger partial charge in [0.25, 0.3) is 11.5 Å². The first kappa shape index (κ1) is 16.0. The number of aryl methyl sites for hydroxylation is 1. The van der Waals surface area contributed by atoms with Crippen LogP contribution in [0.15, 0.2) is 40.5 Å². The van der Waals surface area contributed by atoms with E-state index < -0.39 is 0 Å². The molecule has 5 nitrogen and oxygen atoms in total. The lowest BCUT2D eigenvalue weighted by Gasteiger charge is -2.11. The maximum Gasteiger partial charge on any atom is 0.261 e. The fraction of sp³-hybridized carbons (Fsp3) is 0.316. The van der Waals surface area contributed by atoms with E-state index in [0.29, 0.717) is 23.0 Å². The molecular formula is C19H19N3O2S. The van der Waals surface area contributed by atoms with Crippen molar-refractivity contribution in [3.05, 3.63) is 62.3 Å². The van der Waals surface area contributed by atoms with Crippen LogP contribution in [-0.2, 0) is 19.5 Å². The SMILES string of the molecule is O=C(NCc1cccs1)c1ccc2c(=O)n3c(nc2c1)CCCCC3. The van der Waals surface area contributed by atoms with Gasteiger partial charge >= 0.3 is 0 Å². The van der Waals surface area contributed by atoms with Gasteiger partial charge in [0.1, 0.15) is 5.82 Å². The number of hydrogen-bond acceptors (Lipinski definition) is 4. The van der Waals surface area contributed by atoms with Crippen molar-refractivity contribution in [3.63, 3.8) is 0 Å². The predicted octanol–water partition coefficient (Wildman–Crippen LogP) is 3.11. The van der Waals surface area contributed by atoms with Gasteiger partial charge in [0.15, 0.2) is 0 Å². The average molecular weight is 353 g/mol. The van der Waals surface area contributed by atoms with E-state index in [9.17, 15) is 9.59 Å². The highest BCUT2D eigenvalue weighted by Crippen LogP contribution is 2.16. The molecule has 128 valence electrons. The van der Waals surface area contributed by atoms with Gasteiger partial charge in [-0.1, -0.05) is 12.5 Å². The normalized spacial score (nSPS) is 14.1. The van der Waals surface area contributed by atoms with E-state index in [0.717, 1.165) is 42.9 Å². The molecule has 2 aromatic heterocycles. The number of amides is 1. The first-order chi connectivity index (χ1) is 12.2. The highest BCUT2D eigenvalue weighted by Gasteiger charge is 2.15. The maximum absolute atomic E-state index is 12.7. The van der Waals surface area contributed by atoms with Gasteiger partial charge in [-0.15, -0.1) is 11.3 Å². The van der Waals surface area contributed by atoms with Crippen LogP contribution < -0.4 is 10.9 Å². The lowest BCUT2D eigenvalue weighted by atomic mass is 10.1. The van der Waals surface area contributed by atoms with Crippen LogP contribution in [0.5, 0.6) is 0 Å². The van der Waals surface area contributed by atoms with Crippen molar-refractivity contribution in [1.82, 2.24) is 14.9 Å². The molecule has 1 aliphatic heterocycles. The van der Waals surface area contributed by atoms with E-state index in [1.807, 2.05) is 17.5 Å². The quantitative estimate of drug-likeness (QED) is 0.787. The molecule has 4 rings (SSSR count). The predicted molar refractivity (Wildman–Crippen MR) is 99.0 cm³/mol. The molecule has 0 saturated carbocycles. The van der Waals surface area contributed by atoms with E-state index >= 15 is 0 Å². The number of thiophene rings is 1. The van der Waals surface area contributed by atoms with Crippen molar-refractivity contribution in [2.45, 2.75) is 38.8 Å². The number of hydrogen-bond donors (Lipinski definition) is 1. The molecule has 1 aromatic carbocycles. The van der Waals surface area contributed by atoms with Crippen LogP contribution >= 0.6 is 11.3 Å². The average Bonchev–Trinajstić information content (AvgIpc) is 3.04. The van der Waals surface area contributed by atoms with E-state index in [1.165, 1.54) is 0 Å². The summed E-state index contributed by atoms with van der Waals surface area (Å²) in [7, 11) is 0. The molecule has 3 aromatic rings. The number of aromatic nitrogens is 2. The van der Waals surface area contributed by atoms with Crippen LogP contribution in [-0.4, -0.2) is 15.5 Å². The Kier molecular flexibility index (Phi) is 4.36. The smallest absolute Gasteiger partial charge is 0.261 e. The molecule has 0 atom stereocenters. The molecule has 0 aliphatic carbocycles. The molecule has 3 heterocycles. The zero-order valence-electron chi connectivity index (χ0n) is 13.8. The molecule has 1 amide bonds. The fourth-order valence-electron chi connectivity index (χ4n) is 3.24. The second-order valence-corrected chi connectivity index (χ2v) is 7.32. The summed E-state index contributed by atoms with van der Waals surface area (Å²) in [6, 6.07) is 9.11. The summed E-state index contributed by atoms with van der Waals surface area (Å²) in [5.74, 6) is 0.693. The van der Waals surface area contributed by atoms with Crippen LogP contribution in [0.1, 0.15) is 40.3 Å². The third kappa shape index (κ3) is 3.22. The van der Waals surface area contributed by atoms with Gasteiger partial charge in [-0.2, -0.15) is 0 Å². The molecule has 0 saturated heterocycles. The molecular weight excluding hydrogens is 334 g/mol. The van der Waals surface area contributed by atoms with Crippen molar-refractivity contribution in [3.8, 4) is 0 Å². The molecule has 25 heavy (non-hydrogen) atoms. The Bertz CT molecular complexity index is 976. The number of fused-ring (bicyclic) bond motifs is 2. The Morgan fingerprint density at radius 3 is 3.00 bits per heavy atom. The zero-order chi connectivity index (χ0) is 17.2. The molecule has 0 unspecified atom stereocenters. The zero-order valence-corrected chi connectivity index (χ0v) is 14.6. The summed E-state index contributed by atoms with van der Waals surface area (Å²) < 4.78 is 1.80. The van der Waals surface area contributed by atoms with Crippen LogP contribution in [0.2, 0.25) is 0 Å². The molecule has 6 heteroatoms. The number of nitrogens with one attached hydrogen (secondary N) is 1. The summed E-state index contributed by atoms with van der Waals surface area (Å²) >= 11 is 1.61. The number of carbonyl (C=O) groups is 1. The van der Waals surface area contributed by atoms with Crippen LogP contribution in [0.25, 0.3) is 10.9 Å². The third-order valence-electron chi connectivity index (χ3n) is 4.58. The number of benzene rings is 1. The second kappa shape index (κ2) is 6.80. The van der Waals surface area contributed by atoms with E-state index in [1.54, 1.807) is 34.1 Å². The van der Waals surface area contributed by atoms with Gasteiger partial charge in [-0.05, 0) is 42.5 Å². The van der Waals surface area contributed by atoms with E-state index in [-0.39, 0.29) is 11.5 Å². The van der Waals surface area contributed by atoms with Crippen molar-refractivity contribution < 1.29 is 4.79 Å². The fourth-order valence-corrected chi connectivity index (χ4v) is 3.89. The van der Waals surface area contributed by atoms with E-state index in [4.69, 9.17) is 0 Å². The Hall–Kier alpha value is -2.47. The maximum atomic E-state index is 12.7. The standard InChI is InChI=1S/C19H19N3O2S/c23-18(20-12-14-5-4-10-25-14)13-7-8-15-16(11-13)21-17-6-2-1-3-9-22(17)19(15)24/h4-5,7-8,10-11H,1-3,6,9,12H2,(H,20,23). The topological polar surface area (TPSA) is 64.0 Å². The molecule has 0 bridgehead atoms.